The van der Waals surface area contributed by atoms with Gasteiger partial charge in [0.2, 0.25) is 0 Å². The Morgan fingerprint density at radius 1 is 1.06 bits per heavy atom. The van der Waals surface area contributed by atoms with Crippen molar-refractivity contribution in [2.75, 3.05) is 21.0 Å². The second kappa shape index (κ2) is 8.09. The highest BCUT2D eigenvalue weighted by Crippen LogP contribution is 2.41. The number of hydrogen-bond acceptors (Lipinski definition) is 6. The third-order valence-electron chi connectivity index (χ3n) is 6.18. The van der Waals surface area contributed by atoms with E-state index in [0.717, 1.165) is 64.8 Å². The summed E-state index contributed by atoms with van der Waals surface area (Å²) in [7, 11) is 3.27. The van der Waals surface area contributed by atoms with E-state index >= 15 is 0 Å². The van der Waals surface area contributed by atoms with Gasteiger partial charge in [-0.2, -0.15) is 0 Å². The standard InChI is InChI=1S/C24H24ClNO5/c1-28-15-8-7-14(21(9-15)29-2)11-26-12-19-22-18(10-20(25)23(19)30-13-26)16-5-3-4-6-17(16)24(27)31-22/h7-10H,3-6,11-13H2,1-2H3. The van der Waals surface area contributed by atoms with Crippen molar-refractivity contribution in [3.8, 4) is 17.2 Å². The molecule has 0 radical (unpaired) electrons. The average molecular weight is 442 g/mol. The molecule has 0 unspecified atom stereocenters. The minimum Gasteiger partial charge on any atom is -0.497 e. The van der Waals surface area contributed by atoms with Crippen LogP contribution in [0.3, 0.4) is 0 Å². The topological polar surface area (TPSA) is 61.1 Å². The van der Waals surface area contributed by atoms with Crippen LogP contribution in [0.1, 0.15) is 35.1 Å². The summed E-state index contributed by atoms with van der Waals surface area (Å²) >= 11 is 6.60. The normalized spacial score (nSPS) is 15.8. The maximum absolute atomic E-state index is 12.7. The van der Waals surface area contributed by atoms with Crippen molar-refractivity contribution >= 4 is 22.6 Å². The molecule has 0 spiro atoms. The van der Waals surface area contributed by atoms with Gasteiger partial charge in [0, 0.05) is 35.7 Å². The Morgan fingerprint density at radius 2 is 1.87 bits per heavy atom. The van der Waals surface area contributed by atoms with Crippen LogP contribution < -0.4 is 19.8 Å². The molecule has 7 heteroatoms. The maximum atomic E-state index is 12.7. The SMILES string of the molecule is COc1ccc(CN2COc3c(Cl)cc4c5c(c(=O)oc4c3C2)CCCC5)c(OC)c1. The molecule has 6 nitrogen and oxygen atoms in total. The first-order chi connectivity index (χ1) is 15.1. The highest BCUT2D eigenvalue weighted by molar-refractivity contribution is 6.33. The summed E-state index contributed by atoms with van der Waals surface area (Å²) in [6.45, 7) is 1.54. The Kier molecular flexibility index (Phi) is 5.28. The Hall–Kier alpha value is -2.70. The summed E-state index contributed by atoms with van der Waals surface area (Å²) < 4.78 is 22.7. The van der Waals surface area contributed by atoms with Gasteiger partial charge in [0.25, 0.3) is 0 Å². The van der Waals surface area contributed by atoms with Crippen molar-refractivity contribution in [2.24, 2.45) is 0 Å². The summed E-state index contributed by atoms with van der Waals surface area (Å²) in [5, 5.41) is 1.50. The fourth-order valence-electron chi connectivity index (χ4n) is 4.64. The van der Waals surface area contributed by atoms with Gasteiger partial charge in [-0.3, -0.25) is 4.90 Å². The van der Waals surface area contributed by atoms with Crippen LogP contribution in [0.2, 0.25) is 5.02 Å². The van der Waals surface area contributed by atoms with Crippen molar-refractivity contribution in [1.29, 1.82) is 0 Å². The van der Waals surface area contributed by atoms with Crippen LogP contribution in [0.25, 0.3) is 11.0 Å². The molecule has 0 bridgehead atoms. The van der Waals surface area contributed by atoms with E-state index in [4.69, 9.17) is 30.2 Å². The number of hydrogen-bond donors (Lipinski definition) is 0. The number of halogens is 1. The Balaban J connectivity index is 1.54. The van der Waals surface area contributed by atoms with Gasteiger partial charge in [-0.25, -0.2) is 4.79 Å². The van der Waals surface area contributed by atoms with E-state index < -0.39 is 0 Å². The Morgan fingerprint density at radius 3 is 2.65 bits per heavy atom. The molecule has 2 aliphatic rings. The van der Waals surface area contributed by atoms with Gasteiger partial charge in [0.1, 0.15) is 29.6 Å². The molecule has 0 N–H and O–H groups in total. The van der Waals surface area contributed by atoms with Gasteiger partial charge < -0.3 is 18.6 Å². The third kappa shape index (κ3) is 3.54. The number of fused-ring (bicyclic) bond motifs is 5. The van der Waals surface area contributed by atoms with E-state index in [9.17, 15) is 4.79 Å². The molecule has 0 saturated heterocycles. The predicted octanol–water partition coefficient (Wildman–Crippen LogP) is 4.69. The number of rotatable bonds is 4. The number of aryl methyl sites for hydroxylation is 1. The van der Waals surface area contributed by atoms with E-state index in [1.165, 1.54) is 0 Å². The molecule has 0 fully saturated rings. The molecule has 1 aliphatic carbocycles. The average Bonchev–Trinajstić information content (AvgIpc) is 2.80. The van der Waals surface area contributed by atoms with Gasteiger partial charge >= 0.3 is 5.63 Å². The summed E-state index contributed by atoms with van der Waals surface area (Å²) in [5.41, 5.74) is 4.08. The number of methoxy groups -OCH3 is 2. The molecule has 1 aliphatic heterocycles. The van der Waals surface area contributed by atoms with Crippen molar-refractivity contribution in [2.45, 2.75) is 38.8 Å². The van der Waals surface area contributed by atoms with E-state index in [-0.39, 0.29) is 5.63 Å². The van der Waals surface area contributed by atoms with Crippen LogP contribution in [0.15, 0.2) is 33.5 Å². The Labute approximate surface area is 185 Å². The summed E-state index contributed by atoms with van der Waals surface area (Å²) in [5.74, 6) is 2.10. The van der Waals surface area contributed by atoms with Crippen molar-refractivity contribution < 1.29 is 18.6 Å². The van der Waals surface area contributed by atoms with Crippen LogP contribution in [0.4, 0.5) is 0 Å². The lowest BCUT2D eigenvalue weighted by Crippen LogP contribution is -2.32. The van der Waals surface area contributed by atoms with Crippen molar-refractivity contribution in [3.63, 3.8) is 0 Å². The minimum absolute atomic E-state index is 0.235. The number of nitrogens with zero attached hydrogens (tertiary/aromatic N) is 1. The molecule has 2 heterocycles. The first-order valence-electron chi connectivity index (χ1n) is 10.4. The Bertz CT molecular complexity index is 1220. The zero-order chi connectivity index (χ0) is 21.5. The van der Waals surface area contributed by atoms with Gasteiger partial charge in [-0.1, -0.05) is 17.7 Å². The largest absolute Gasteiger partial charge is 0.497 e. The first kappa shape index (κ1) is 20.2. The molecule has 0 saturated carbocycles. The molecule has 31 heavy (non-hydrogen) atoms. The lowest BCUT2D eigenvalue weighted by atomic mass is 9.90. The molecule has 162 valence electrons. The fourth-order valence-corrected chi connectivity index (χ4v) is 4.92. The van der Waals surface area contributed by atoms with Crippen LogP contribution in [0.5, 0.6) is 17.2 Å². The molecular formula is C24H24ClNO5. The fraction of sp³-hybridized carbons (Fsp3) is 0.375. The summed E-state index contributed by atoms with van der Waals surface area (Å²) in [6.07, 6.45) is 3.73. The third-order valence-corrected chi connectivity index (χ3v) is 6.46. The van der Waals surface area contributed by atoms with E-state index in [2.05, 4.69) is 4.90 Å². The molecule has 5 rings (SSSR count). The van der Waals surface area contributed by atoms with Crippen LogP contribution in [-0.2, 0) is 25.9 Å². The second-order valence-corrected chi connectivity index (χ2v) is 8.44. The van der Waals surface area contributed by atoms with E-state index in [1.807, 2.05) is 24.3 Å². The lowest BCUT2D eigenvalue weighted by Gasteiger charge is -2.30. The molecule has 3 aromatic rings. The molecule has 2 aromatic carbocycles. The predicted molar refractivity (Wildman–Crippen MR) is 118 cm³/mol. The summed E-state index contributed by atoms with van der Waals surface area (Å²) in [6, 6.07) is 7.66. The van der Waals surface area contributed by atoms with Crippen molar-refractivity contribution in [1.82, 2.24) is 4.90 Å². The molecule has 1 aromatic heterocycles. The zero-order valence-electron chi connectivity index (χ0n) is 17.6. The van der Waals surface area contributed by atoms with Crippen LogP contribution >= 0.6 is 11.6 Å². The van der Waals surface area contributed by atoms with E-state index in [0.29, 0.717) is 36.2 Å². The second-order valence-electron chi connectivity index (χ2n) is 8.03. The highest BCUT2D eigenvalue weighted by Gasteiger charge is 2.28. The molecule has 0 atom stereocenters. The molecular weight excluding hydrogens is 418 g/mol. The maximum Gasteiger partial charge on any atom is 0.339 e. The number of benzene rings is 2. The molecule has 0 amide bonds. The number of ether oxygens (including phenoxy) is 3. The van der Waals surface area contributed by atoms with Gasteiger partial charge in [-0.05, 0) is 43.4 Å². The summed E-state index contributed by atoms with van der Waals surface area (Å²) in [4.78, 5) is 14.8. The van der Waals surface area contributed by atoms with Gasteiger partial charge in [0.05, 0.1) is 24.8 Å². The zero-order valence-corrected chi connectivity index (χ0v) is 18.4. The van der Waals surface area contributed by atoms with E-state index in [1.54, 1.807) is 14.2 Å². The van der Waals surface area contributed by atoms with Gasteiger partial charge in [0.15, 0.2) is 0 Å². The van der Waals surface area contributed by atoms with Crippen molar-refractivity contribution in [3.05, 3.63) is 62.0 Å². The lowest BCUT2D eigenvalue weighted by molar-refractivity contribution is 0.0883. The van der Waals surface area contributed by atoms with Gasteiger partial charge in [-0.15, -0.1) is 0 Å². The van der Waals surface area contributed by atoms with Crippen LogP contribution in [0, 0.1) is 0 Å². The van der Waals surface area contributed by atoms with Crippen LogP contribution in [-0.4, -0.2) is 25.9 Å². The minimum atomic E-state index is -0.235. The highest BCUT2D eigenvalue weighted by atomic mass is 35.5. The monoisotopic (exact) mass is 441 g/mol. The quantitative estimate of drug-likeness (QED) is 0.547. The smallest absolute Gasteiger partial charge is 0.339 e. The first-order valence-corrected chi connectivity index (χ1v) is 10.8.